The number of nitrogens with zero attached hydrogens (tertiary/aromatic N) is 1. The monoisotopic (exact) mass is 273 g/mol. The molecule has 0 aliphatic rings. The molecule has 2 heterocycles. The fraction of sp³-hybridized carbons (Fsp3) is 0.364. The van der Waals surface area contributed by atoms with Crippen LogP contribution in [0.2, 0.25) is 0 Å². The van der Waals surface area contributed by atoms with Crippen LogP contribution in [-0.4, -0.2) is 21.7 Å². The summed E-state index contributed by atoms with van der Waals surface area (Å²) in [5.74, 6) is 0. The first kappa shape index (κ1) is 14.2. The van der Waals surface area contributed by atoms with Crippen molar-refractivity contribution in [3.8, 4) is 0 Å². The minimum Gasteiger partial charge on any atom is -0.394 e. The molecule has 0 radical (unpaired) electrons. The van der Waals surface area contributed by atoms with Crippen molar-refractivity contribution < 1.29 is 5.11 Å². The predicted molar refractivity (Wildman–Crippen MR) is 71.6 cm³/mol. The summed E-state index contributed by atoms with van der Waals surface area (Å²) in [6.07, 6.45) is 3.43. The molecular weight excluding hydrogens is 258 g/mol. The first-order valence-corrected chi connectivity index (χ1v) is 6.04. The molecule has 0 fully saturated rings. The van der Waals surface area contributed by atoms with Gasteiger partial charge in [-0.3, -0.25) is 0 Å². The summed E-state index contributed by atoms with van der Waals surface area (Å²) in [7, 11) is 0. The number of hydrogen-bond acceptors (Lipinski definition) is 4. The van der Waals surface area contributed by atoms with Crippen LogP contribution in [0.4, 0.5) is 0 Å². The minimum atomic E-state index is 0. The summed E-state index contributed by atoms with van der Waals surface area (Å²) in [5.41, 5.74) is 2.24. The van der Waals surface area contributed by atoms with E-state index in [9.17, 15) is 5.11 Å². The fourth-order valence-electron chi connectivity index (χ4n) is 1.60. The maximum atomic E-state index is 9.37. The number of thiophene rings is 1. The summed E-state index contributed by atoms with van der Waals surface area (Å²) < 4.78 is 0. The van der Waals surface area contributed by atoms with Crippen LogP contribution in [0.1, 0.15) is 22.2 Å². The number of aliphatic hydroxyl groups excluding tert-OH is 1. The van der Waals surface area contributed by atoms with Crippen molar-refractivity contribution in [2.24, 2.45) is 0 Å². The normalized spacial score (nSPS) is 12.1. The molecule has 2 aromatic heterocycles. The molecular formula is C11H16ClN3OS. The van der Waals surface area contributed by atoms with E-state index < -0.39 is 0 Å². The van der Waals surface area contributed by atoms with E-state index in [0.29, 0.717) is 6.54 Å². The highest BCUT2D eigenvalue weighted by Gasteiger charge is 2.13. The number of halogens is 1. The average molecular weight is 274 g/mol. The van der Waals surface area contributed by atoms with Gasteiger partial charge in [-0.05, 0) is 23.9 Å². The number of rotatable bonds is 5. The molecule has 4 nitrogen and oxygen atoms in total. The van der Waals surface area contributed by atoms with E-state index in [2.05, 4.69) is 28.3 Å². The lowest BCUT2D eigenvalue weighted by molar-refractivity contribution is 0.245. The molecule has 94 valence electrons. The van der Waals surface area contributed by atoms with Gasteiger partial charge in [-0.2, -0.15) is 0 Å². The third-order valence-corrected chi connectivity index (χ3v) is 3.63. The molecule has 0 amide bonds. The number of aromatic amines is 1. The number of hydrogen-bond donors (Lipinski definition) is 3. The van der Waals surface area contributed by atoms with Gasteiger partial charge in [0.05, 0.1) is 19.0 Å². The maximum absolute atomic E-state index is 9.37. The van der Waals surface area contributed by atoms with Gasteiger partial charge in [0.1, 0.15) is 0 Å². The van der Waals surface area contributed by atoms with E-state index in [0.717, 1.165) is 5.69 Å². The quantitative estimate of drug-likeness (QED) is 0.781. The van der Waals surface area contributed by atoms with Gasteiger partial charge in [0, 0.05) is 23.3 Å². The van der Waals surface area contributed by atoms with E-state index in [-0.39, 0.29) is 25.1 Å². The Bertz CT molecular complexity index is 430. The molecule has 1 unspecified atom stereocenters. The Balaban J connectivity index is 0.00000144. The molecule has 0 bridgehead atoms. The number of imidazole rings is 1. The lowest BCUT2D eigenvalue weighted by atomic mass is 10.2. The lowest BCUT2D eigenvalue weighted by Gasteiger charge is -2.15. The van der Waals surface area contributed by atoms with Crippen LogP contribution in [0.5, 0.6) is 0 Å². The molecule has 17 heavy (non-hydrogen) atoms. The molecule has 3 N–H and O–H groups in total. The Hall–Kier alpha value is -0.880. The molecule has 0 aliphatic heterocycles. The number of aliphatic hydroxyl groups is 1. The van der Waals surface area contributed by atoms with E-state index in [1.165, 1.54) is 10.4 Å². The predicted octanol–water partition coefficient (Wildman–Crippen LogP) is 2.02. The van der Waals surface area contributed by atoms with Crippen LogP contribution >= 0.6 is 23.7 Å². The zero-order valence-electron chi connectivity index (χ0n) is 9.51. The summed E-state index contributed by atoms with van der Waals surface area (Å²) >= 11 is 1.67. The highest BCUT2D eigenvalue weighted by Crippen LogP contribution is 2.23. The molecule has 1 atom stereocenters. The van der Waals surface area contributed by atoms with Gasteiger partial charge in [0.15, 0.2) is 0 Å². The standard InChI is InChI=1S/C11H15N3OS.ClH/c1-8-2-3-16-11(8)10(6-15)13-5-9-4-12-7-14-9;/h2-4,7,10,13,15H,5-6H2,1H3,(H,12,14);1H. The zero-order valence-corrected chi connectivity index (χ0v) is 11.1. The van der Waals surface area contributed by atoms with Crippen LogP contribution < -0.4 is 5.32 Å². The minimum absolute atomic E-state index is 0. The SMILES string of the molecule is Cc1ccsc1C(CO)NCc1cnc[nH]1.Cl. The van der Waals surface area contributed by atoms with Gasteiger partial charge in [0.25, 0.3) is 0 Å². The van der Waals surface area contributed by atoms with Crippen molar-refractivity contribution in [3.05, 3.63) is 40.1 Å². The molecule has 2 rings (SSSR count). The summed E-state index contributed by atoms with van der Waals surface area (Å²) in [5, 5.41) is 14.7. The highest BCUT2D eigenvalue weighted by molar-refractivity contribution is 7.10. The van der Waals surface area contributed by atoms with Gasteiger partial charge in [-0.25, -0.2) is 4.98 Å². The Kier molecular flexibility index (Phi) is 5.64. The van der Waals surface area contributed by atoms with Gasteiger partial charge in [-0.15, -0.1) is 23.7 Å². The van der Waals surface area contributed by atoms with Crippen LogP contribution in [0.15, 0.2) is 24.0 Å². The lowest BCUT2D eigenvalue weighted by Crippen LogP contribution is -2.23. The first-order valence-electron chi connectivity index (χ1n) is 5.16. The third kappa shape index (κ3) is 3.54. The molecule has 6 heteroatoms. The Morgan fingerprint density at radius 2 is 2.41 bits per heavy atom. The number of H-pyrrole nitrogens is 1. The topological polar surface area (TPSA) is 60.9 Å². The van der Waals surface area contributed by atoms with Crippen LogP contribution in [0.25, 0.3) is 0 Å². The van der Waals surface area contributed by atoms with E-state index in [4.69, 9.17) is 0 Å². The number of aryl methyl sites for hydroxylation is 1. The molecule has 2 aromatic rings. The smallest absolute Gasteiger partial charge is 0.0922 e. The van der Waals surface area contributed by atoms with Crippen molar-refractivity contribution in [1.82, 2.24) is 15.3 Å². The van der Waals surface area contributed by atoms with E-state index in [1.807, 2.05) is 5.38 Å². The zero-order chi connectivity index (χ0) is 11.4. The van der Waals surface area contributed by atoms with Gasteiger partial charge in [0.2, 0.25) is 0 Å². The van der Waals surface area contributed by atoms with Crippen LogP contribution in [-0.2, 0) is 6.54 Å². The van der Waals surface area contributed by atoms with Gasteiger partial charge in [-0.1, -0.05) is 0 Å². The average Bonchev–Trinajstić information content (AvgIpc) is 2.92. The van der Waals surface area contributed by atoms with Crippen molar-refractivity contribution in [3.63, 3.8) is 0 Å². The fourth-order valence-corrected chi connectivity index (χ4v) is 2.59. The Morgan fingerprint density at radius 1 is 1.59 bits per heavy atom. The second kappa shape index (κ2) is 6.76. The van der Waals surface area contributed by atoms with Gasteiger partial charge < -0.3 is 15.4 Å². The van der Waals surface area contributed by atoms with E-state index >= 15 is 0 Å². The second-order valence-corrected chi connectivity index (χ2v) is 4.61. The van der Waals surface area contributed by atoms with E-state index in [1.54, 1.807) is 23.9 Å². The second-order valence-electron chi connectivity index (χ2n) is 3.66. The van der Waals surface area contributed by atoms with Gasteiger partial charge >= 0.3 is 0 Å². The summed E-state index contributed by atoms with van der Waals surface area (Å²) in [4.78, 5) is 8.17. The Labute approximate surface area is 111 Å². The first-order chi connectivity index (χ1) is 7.81. The molecule has 0 aromatic carbocycles. The maximum Gasteiger partial charge on any atom is 0.0922 e. The van der Waals surface area contributed by atoms with Crippen molar-refractivity contribution in [1.29, 1.82) is 0 Å². The Morgan fingerprint density at radius 3 is 2.94 bits per heavy atom. The number of aromatic nitrogens is 2. The molecule has 0 aliphatic carbocycles. The largest absolute Gasteiger partial charge is 0.394 e. The molecule has 0 saturated heterocycles. The van der Waals surface area contributed by atoms with Crippen molar-refractivity contribution in [2.75, 3.05) is 6.61 Å². The molecule has 0 saturated carbocycles. The number of nitrogens with one attached hydrogen (secondary N) is 2. The summed E-state index contributed by atoms with van der Waals surface area (Å²) in [6.45, 7) is 2.85. The summed E-state index contributed by atoms with van der Waals surface area (Å²) in [6, 6.07) is 2.07. The van der Waals surface area contributed by atoms with Crippen LogP contribution in [0.3, 0.4) is 0 Å². The van der Waals surface area contributed by atoms with Crippen molar-refractivity contribution >= 4 is 23.7 Å². The van der Waals surface area contributed by atoms with Crippen LogP contribution in [0, 0.1) is 6.92 Å². The highest BCUT2D eigenvalue weighted by atomic mass is 35.5. The third-order valence-electron chi connectivity index (χ3n) is 2.49. The molecule has 0 spiro atoms. The van der Waals surface area contributed by atoms with Crippen molar-refractivity contribution in [2.45, 2.75) is 19.5 Å².